The molecule has 29 heavy (non-hydrogen) atoms. The molecule has 1 aromatic heterocycles. The first-order chi connectivity index (χ1) is 14.0. The van der Waals surface area contributed by atoms with Gasteiger partial charge in [0.2, 0.25) is 0 Å². The van der Waals surface area contributed by atoms with Crippen LogP contribution < -0.4 is 10.6 Å². The minimum Gasteiger partial charge on any atom is -0.507 e. The lowest BCUT2D eigenvalue weighted by atomic mass is 10.2. The van der Waals surface area contributed by atoms with Crippen LogP contribution >= 0.6 is 46.1 Å². The number of nitrogens with one attached hydrogen (secondary N) is 2. The molecule has 0 fully saturated rings. The summed E-state index contributed by atoms with van der Waals surface area (Å²) in [6.45, 7) is 0. The number of hydrogen-bond acceptors (Lipinski definition) is 5. The number of anilines is 1. The summed E-state index contributed by atoms with van der Waals surface area (Å²) < 4.78 is 2.01. The van der Waals surface area contributed by atoms with Crippen LogP contribution in [-0.2, 0) is 0 Å². The number of para-hydroxylation sites is 1. The zero-order valence-corrected chi connectivity index (χ0v) is 18.6. The Balaban J connectivity index is 1.53. The second kappa shape index (κ2) is 8.44. The Morgan fingerprint density at radius 3 is 2.69 bits per heavy atom. The average molecular weight is 531 g/mol. The maximum atomic E-state index is 12.3. The summed E-state index contributed by atoms with van der Waals surface area (Å²) in [5.74, 6) is -0.158. The van der Waals surface area contributed by atoms with Crippen LogP contribution in [0, 0.1) is 3.57 Å². The topological polar surface area (TPSA) is 74.2 Å². The molecular formula is C21H14IN3O2S2. The number of carbonyl (C=O) groups excluding carboxylic acids is 1. The van der Waals surface area contributed by atoms with Gasteiger partial charge in [-0.2, -0.15) is 0 Å². The molecule has 0 atom stereocenters. The number of fused-ring (bicyclic) bond motifs is 1. The summed E-state index contributed by atoms with van der Waals surface area (Å²) in [7, 11) is 0. The van der Waals surface area contributed by atoms with Crippen LogP contribution in [-0.4, -0.2) is 21.1 Å². The molecule has 5 nitrogen and oxygen atoms in total. The number of phenols is 1. The molecule has 0 bridgehead atoms. The molecule has 0 saturated heterocycles. The summed E-state index contributed by atoms with van der Waals surface area (Å²) in [4.78, 5) is 16.9. The average Bonchev–Trinajstić information content (AvgIpc) is 3.13. The third-order valence-corrected chi connectivity index (χ3v) is 6.04. The fraction of sp³-hybridized carbons (Fsp3) is 0. The molecular weight excluding hydrogens is 517 g/mol. The molecule has 0 aliphatic rings. The molecule has 0 unspecified atom stereocenters. The summed E-state index contributed by atoms with van der Waals surface area (Å²) >= 11 is 8.92. The number of nitrogens with zero attached hydrogens (tertiary/aromatic N) is 1. The van der Waals surface area contributed by atoms with Crippen molar-refractivity contribution in [2.45, 2.75) is 0 Å². The first-order valence-corrected chi connectivity index (χ1v) is 10.9. The Bertz CT molecular complexity index is 1210. The number of aromatic hydroxyl groups is 1. The Kier molecular flexibility index (Phi) is 5.74. The Labute approximate surface area is 189 Å². The van der Waals surface area contributed by atoms with E-state index in [2.05, 4.69) is 38.2 Å². The third kappa shape index (κ3) is 4.55. The number of amides is 1. The van der Waals surface area contributed by atoms with Crippen molar-refractivity contribution in [1.29, 1.82) is 0 Å². The summed E-state index contributed by atoms with van der Waals surface area (Å²) in [6, 6.07) is 20.1. The molecule has 8 heteroatoms. The molecule has 4 aromatic rings. The van der Waals surface area contributed by atoms with Gasteiger partial charge in [-0.1, -0.05) is 18.2 Å². The van der Waals surface area contributed by atoms with Gasteiger partial charge in [0, 0.05) is 14.8 Å². The highest BCUT2D eigenvalue weighted by Crippen LogP contribution is 2.36. The fourth-order valence-corrected chi connectivity index (χ4v) is 4.48. The van der Waals surface area contributed by atoms with Gasteiger partial charge in [0.1, 0.15) is 10.8 Å². The molecule has 4 rings (SSSR count). The predicted octanol–water partition coefficient (Wildman–Crippen LogP) is 5.40. The minimum absolute atomic E-state index is 0.128. The highest BCUT2D eigenvalue weighted by Gasteiger charge is 2.13. The number of hydrogen-bond donors (Lipinski definition) is 3. The van der Waals surface area contributed by atoms with Crippen molar-refractivity contribution >= 4 is 73.1 Å². The van der Waals surface area contributed by atoms with E-state index in [9.17, 15) is 9.90 Å². The predicted molar refractivity (Wildman–Crippen MR) is 130 cm³/mol. The van der Waals surface area contributed by atoms with Crippen molar-refractivity contribution in [1.82, 2.24) is 10.3 Å². The van der Waals surface area contributed by atoms with Gasteiger partial charge < -0.3 is 10.4 Å². The van der Waals surface area contributed by atoms with Gasteiger partial charge in [0.05, 0.1) is 15.8 Å². The Hall–Kier alpha value is -2.56. The Morgan fingerprint density at radius 1 is 1.07 bits per heavy atom. The van der Waals surface area contributed by atoms with Crippen molar-refractivity contribution in [3.8, 4) is 16.3 Å². The van der Waals surface area contributed by atoms with Gasteiger partial charge in [0.25, 0.3) is 5.91 Å². The highest BCUT2D eigenvalue weighted by molar-refractivity contribution is 14.1. The van der Waals surface area contributed by atoms with Crippen molar-refractivity contribution in [3.63, 3.8) is 0 Å². The molecule has 0 spiro atoms. The first kappa shape index (κ1) is 19.7. The van der Waals surface area contributed by atoms with E-state index < -0.39 is 0 Å². The van der Waals surface area contributed by atoms with E-state index in [1.54, 1.807) is 30.3 Å². The van der Waals surface area contributed by atoms with Crippen molar-refractivity contribution in [2.75, 3.05) is 5.32 Å². The smallest absolute Gasteiger partial charge is 0.257 e. The summed E-state index contributed by atoms with van der Waals surface area (Å²) in [5, 5.41) is 16.8. The normalized spacial score (nSPS) is 10.7. The van der Waals surface area contributed by atoms with Gasteiger partial charge in [0.15, 0.2) is 5.11 Å². The standard InChI is InChI=1S/C21H14IN3O2S2/c22-13-5-3-4-12(10-13)19(27)25-21(28)23-14-8-9-17(26)15(11-14)20-24-16-6-1-2-7-18(16)29-20/h1-11,26H,(H2,23,25,27,28). The second-order valence-corrected chi connectivity index (χ2v) is 8.82. The van der Waals surface area contributed by atoms with E-state index in [0.717, 1.165) is 13.8 Å². The Morgan fingerprint density at radius 2 is 1.90 bits per heavy atom. The van der Waals surface area contributed by atoms with Gasteiger partial charge in [-0.25, -0.2) is 4.98 Å². The number of carbonyl (C=O) groups is 1. The molecule has 0 saturated carbocycles. The highest BCUT2D eigenvalue weighted by atomic mass is 127. The van der Waals surface area contributed by atoms with E-state index in [-0.39, 0.29) is 16.8 Å². The van der Waals surface area contributed by atoms with Crippen molar-refractivity contribution < 1.29 is 9.90 Å². The number of rotatable bonds is 3. The van der Waals surface area contributed by atoms with Crippen LogP contribution in [0.25, 0.3) is 20.8 Å². The van der Waals surface area contributed by atoms with E-state index in [1.807, 2.05) is 36.4 Å². The van der Waals surface area contributed by atoms with Gasteiger partial charge in [-0.05, 0) is 83.3 Å². The third-order valence-electron chi connectivity index (χ3n) is 4.09. The SMILES string of the molecule is O=C(NC(=S)Nc1ccc(O)c(-c2nc3ccccc3s2)c1)c1cccc(I)c1. The van der Waals surface area contributed by atoms with E-state index in [1.165, 1.54) is 11.3 Å². The quantitative estimate of drug-likeness (QED) is 0.188. The summed E-state index contributed by atoms with van der Waals surface area (Å²) in [5.41, 5.74) is 2.65. The zero-order chi connectivity index (χ0) is 20.4. The van der Waals surface area contributed by atoms with Crippen molar-refractivity contribution in [3.05, 3.63) is 75.9 Å². The maximum Gasteiger partial charge on any atom is 0.257 e. The van der Waals surface area contributed by atoms with Crippen LogP contribution in [0.3, 0.4) is 0 Å². The van der Waals surface area contributed by atoms with Crippen LogP contribution in [0.4, 0.5) is 5.69 Å². The number of phenolic OH excluding ortho intramolecular Hbond substituents is 1. The molecule has 0 aliphatic carbocycles. The monoisotopic (exact) mass is 531 g/mol. The van der Waals surface area contributed by atoms with E-state index in [0.29, 0.717) is 21.8 Å². The molecule has 0 radical (unpaired) electrons. The molecule has 0 aliphatic heterocycles. The number of thiocarbonyl (C=S) groups is 1. The number of halogens is 1. The summed E-state index contributed by atoms with van der Waals surface area (Å²) in [6.07, 6.45) is 0. The first-order valence-electron chi connectivity index (χ1n) is 8.56. The number of benzene rings is 3. The maximum absolute atomic E-state index is 12.3. The minimum atomic E-state index is -0.286. The van der Waals surface area contributed by atoms with Crippen LogP contribution in [0.1, 0.15) is 10.4 Å². The fourth-order valence-electron chi connectivity index (χ4n) is 2.74. The zero-order valence-electron chi connectivity index (χ0n) is 14.8. The number of aromatic nitrogens is 1. The second-order valence-electron chi connectivity index (χ2n) is 6.14. The molecule has 1 heterocycles. The van der Waals surface area contributed by atoms with Crippen LogP contribution in [0.2, 0.25) is 0 Å². The number of thiazole rings is 1. The van der Waals surface area contributed by atoms with E-state index in [4.69, 9.17) is 12.2 Å². The van der Waals surface area contributed by atoms with E-state index >= 15 is 0 Å². The van der Waals surface area contributed by atoms with Gasteiger partial charge >= 0.3 is 0 Å². The lowest BCUT2D eigenvalue weighted by molar-refractivity contribution is 0.0977. The molecule has 1 amide bonds. The van der Waals surface area contributed by atoms with Crippen LogP contribution in [0.15, 0.2) is 66.7 Å². The lowest BCUT2D eigenvalue weighted by Crippen LogP contribution is -2.34. The van der Waals surface area contributed by atoms with Crippen LogP contribution in [0.5, 0.6) is 5.75 Å². The largest absolute Gasteiger partial charge is 0.507 e. The van der Waals surface area contributed by atoms with Crippen molar-refractivity contribution in [2.24, 2.45) is 0 Å². The lowest BCUT2D eigenvalue weighted by Gasteiger charge is -2.11. The van der Waals surface area contributed by atoms with Gasteiger partial charge in [-0.3, -0.25) is 10.1 Å². The van der Waals surface area contributed by atoms with Gasteiger partial charge in [-0.15, -0.1) is 11.3 Å². The molecule has 3 N–H and O–H groups in total. The molecule has 3 aromatic carbocycles. The molecule has 144 valence electrons.